The van der Waals surface area contributed by atoms with Crippen LogP contribution in [0.3, 0.4) is 0 Å². The summed E-state index contributed by atoms with van der Waals surface area (Å²) in [5.74, 6) is 0. The predicted octanol–water partition coefficient (Wildman–Crippen LogP) is 4.11. The lowest BCUT2D eigenvalue weighted by Gasteiger charge is -2.42. The molecule has 0 aliphatic heterocycles. The summed E-state index contributed by atoms with van der Waals surface area (Å²) >= 11 is 7.72. The molecule has 0 saturated heterocycles. The SMILES string of the molecule is CC(C)NCC1(Cc2ccc(Cl)s2)CCC1. The highest BCUT2D eigenvalue weighted by molar-refractivity contribution is 7.16. The number of rotatable bonds is 5. The van der Waals surface area contributed by atoms with Crippen molar-refractivity contribution < 1.29 is 0 Å². The van der Waals surface area contributed by atoms with Crippen molar-refractivity contribution in [3.63, 3.8) is 0 Å². The summed E-state index contributed by atoms with van der Waals surface area (Å²) < 4.78 is 0.918. The van der Waals surface area contributed by atoms with E-state index in [1.807, 2.05) is 6.07 Å². The maximum atomic E-state index is 5.98. The minimum absolute atomic E-state index is 0.512. The van der Waals surface area contributed by atoms with Crippen molar-refractivity contribution in [3.05, 3.63) is 21.3 Å². The quantitative estimate of drug-likeness (QED) is 0.837. The van der Waals surface area contributed by atoms with Crippen molar-refractivity contribution >= 4 is 22.9 Å². The summed E-state index contributed by atoms with van der Waals surface area (Å²) in [5, 5.41) is 3.59. The zero-order chi connectivity index (χ0) is 11.6. The van der Waals surface area contributed by atoms with Gasteiger partial charge in [-0.3, -0.25) is 0 Å². The third-order valence-corrected chi connectivity index (χ3v) is 4.71. The van der Waals surface area contributed by atoms with Gasteiger partial charge in [-0.15, -0.1) is 11.3 Å². The molecule has 1 aliphatic carbocycles. The summed E-state index contributed by atoms with van der Waals surface area (Å²) in [4.78, 5) is 1.44. The van der Waals surface area contributed by atoms with Crippen molar-refractivity contribution in [2.24, 2.45) is 5.41 Å². The van der Waals surface area contributed by atoms with E-state index in [-0.39, 0.29) is 0 Å². The van der Waals surface area contributed by atoms with E-state index < -0.39 is 0 Å². The van der Waals surface area contributed by atoms with Crippen LogP contribution in [0.1, 0.15) is 38.0 Å². The molecule has 1 fully saturated rings. The minimum Gasteiger partial charge on any atom is -0.314 e. The number of nitrogens with one attached hydrogen (secondary N) is 1. The second-order valence-corrected chi connectivity index (χ2v) is 7.07. The molecule has 16 heavy (non-hydrogen) atoms. The molecular weight excluding hydrogens is 238 g/mol. The number of hydrogen-bond donors (Lipinski definition) is 1. The van der Waals surface area contributed by atoms with Crippen LogP contribution in [-0.4, -0.2) is 12.6 Å². The standard InChI is InChI=1S/C13H20ClNS/c1-10(2)15-9-13(6-3-7-13)8-11-4-5-12(14)16-11/h4-5,10,15H,3,6-9H2,1-2H3. The van der Waals surface area contributed by atoms with Crippen LogP contribution in [0.25, 0.3) is 0 Å². The first-order valence-corrected chi connectivity index (χ1v) is 7.27. The fourth-order valence-corrected chi connectivity index (χ4v) is 3.59. The van der Waals surface area contributed by atoms with E-state index >= 15 is 0 Å². The molecule has 0 unspecified atom stereocenters. The number of thiophene rings is 1. The van der Waals surface area contributed by atoms with Crippen molar-refractivity contribution in [1.82, 2.24) is 5.32 Å². The van der Waals surface area contributed by atoms with Crippen LogP contribution in [0.5, 0.6) is 0 Å². The summed E-state index contributed by atoms with van der Waals surface area (Å²) in [5.41, 5.74) is 0.512. The van der Waals surface area contributed by atoms with Gasteiger partial charge in [-0.05, 0) is 36.8 Å². The van der Waals surface area contributed by atoms with Crippen LogP contribution in [0.15, 0.2) is 12.1 Å². The Kier molecular flexibility index (Phi) is 3.93. The fourth-order valence-electron chi connectivity index (χ4n) is 2.33. The summed E-state index contributed by atoms with van der Waals surface area (Å²) in [6, 6.07) is 4.79. The molecule has 0 aromatic carbocycles. The molecule has 1 heterocycles. The molecule has 0 amide bonds. The second-order valence-electron chi connectivity index (χ2n) is 5.27. The first-order valence-electron chi connectivity index (χ1n) is 6.07. The van der Waals surface area contributed by atoms with Crippen LogP contribution >= 0.6 is 22.9 Å². The molecule has 1 saturated carbocycles. The van der Waals surface area contributed by atoms with Gasteiger partial charge in [-0.2, -0.15) is 0 Å². The van der Waals surface area contributed by atoms with E-state index in [0.717, 1.165) is 10.9 Å². The van der Waals surface area contributed by atoms with Gasteiger partial charge in [-0.1, -0.05) is 31.9 Å². The van der Waals surface area contributed by atoms with Crippen LogP contribution in [-0.2, 0) is 6.42 Å². The summed E-state index contributed by atoms with van der Waals surface area (Å²) in [6.07, 6.45) is 5.31. The van der Waals surface area contributed by atoms with Gasteiger partial charge in [0.15, 0.2) is 0 Å². The first-order chi connectivity index (χ1) is 7.60. The molecule has 0 atom stereocenters. The predicted molar refractivity (Wildman–Crippen MR) is 72.5 cm³/mol. The lowest BCUT2D eigenvalue weighted by Crippen LogP contribution is -2.43. The lowest BCUT2D eigenvalue weighted by molar-refractivity contribution is 0.128. The Morgan fingerprint density at radius 1 is 1.44 bits per heavy atom. The van der Waals surface area contributed by atoms with Crippen LogP contribution in [0, 0.1) is 5.41 Å². The average Bonchev–Trinajstić information content (AvgIpc) is 2.55. The van der Waals surface area contributed by atoms with Gasteiger partial charge in [0.05, 0.1) is 4.34 Å². The van der Waals surface area contributed by atoms with Crippen LogP contribution in [0.4, 0.5) is 0 Å². The summed E-state index contributed by atoms with van der Waals surface area (Å²) in [6.45, 7) is 5.59. The molecule has 1 N–H and O–H groups in total. The molecule has 90 valence electrons. The molecule has 1 aromatic rings. The lowest BCUT2D eigenvalue weighted by atomic mass is 9.66. The highest BCUT2D eigenvalue weighted by Gasteiger charge is 2.37. The number of halogens is 1. The average molecular weight is 258 g/mol. The molecule has 0 spiro atoms. The number of hydrogen-bond acceptors (Lipinski definition) is 2. The first kappa shape index (κ1) is 12.4. The van der Waals surface area contributed by atoms with E-state index in [0.29, 0.717) is 11.5 Å². The van der Waals surface area contributed by atoms with Crippen molar-refractivity contribution in [2.45, 2.75) is 45.6 Å². The Hall–Kier alpha value is -0.0500. The molecule has 2 rings (SSSR count). The van der Waals surface area contributed by atoms with Gasteiger partial charge in [0.2, 0.25) is 0 Å². The van der Waals surface area contributed by atoms with Gasteiger partial charge in [0.1, 0.15) is 0 Å². The Morgan fingerprint density at radius 3 is 2.62 bits per heavy atom. The zero-order valence-corrected chi connectivity index (χ0v) is 11.6. The highest BCUT2D eigenvalue weighted by Crippen LogP contribution is 2.44. The third-order valence-electron chi connectivity index (χ3n) is 3.48. The van der Waals surface area contributed by atoms with Crippen molar-refractivity contribution in [2.75, 3.05) is 6.54 Å². The molecule has 3 heteroatoms. The molecular formula is C13H20ClNS. The Morgan fingerprint density at radius 2 is 2.19 bits per heavy atom. The monoisotopic (exact) mass is 257 g/mol. The maximum Gasteiger partial charge on any atom is 0.0931 e. The van der Waals surface area contributed by atoms with Crippen molar-refractivity contribution in [1.29, 1.82) is 0 Å². The van der Waals surface area contributed by atoms with Gasteiger partial charge in [-0.25, -0.2) is 0 Å². The van der Waals surface area contributed by atoms with E-state index in [9.17, 15) is 0 Å². The molecule has 0 radical (unpaired) electrons. The van der Waals surface area contributed by atoms with Gasteiger partial charge < -0.3 is 5.32 Å². The molecule has 1 aliphatic rings. The fraction of sp³-hybridized carbons (Fsp3) is 0.692. The Labute approximate surface area is 107 Å². The largest absolute Gasteiger partial charge is 0.314 e. The van der Waals surface area contributed by atoms with Gasteiger partial charge in [0.25, 0.3) is 0 Å². The van der Waals surface area contributed by atoms with Gasteiger partial charge in [0, 0.05) is 17.5 Å². The van der Waals surface area contributed by atoms with E-state index in [1.54, 1.807) is 11.3 Å². The minimum atomic E-state index is 0.512. The Balaban J connectivity index is 1.94. The topological polar surface area (TPSA) is 12.0 Å². The normalized spacial score (nSPS) is 18.8. The van der Waals surface area contributed by atoms with Crippen LogP contribution < -0.4 is 5.32 Å². The third kappa shape index (κ3) is 2.99. The van der Waals surface area contributed by atoms with Crippen molar-refractivity contribution in [3.8, 4) is 0 Å². The Bertz CT molecular complexity index is 341. The van der Waals surface area contributed by atoms with E-state index in [4.69, 9.17) is 11.6 Å². The van der Waals surface area contributed by atoms with Gasteiger partial charge >= 0.3 is 0 Å². The molecule has 1 aromatic heterocycles. The highest BCUT2D eigenvalue weighted by atomic mass is 35.5. The zero-order valence-electron chi connectivity index (χ0n) is 10.1. The molecule has 0 bridgehead atoms. The summed E-state index contributed by atoms with van der Waals surface area (Å²) in [7, 11) is 0. The van der Waals surface area contributed by atoms with E-state index in [1.165, 1.54) is 30.6 Å². The smallest absolute Gasteiger partial charge is 0.0931 e. The second kappa shape index (κ2) is 5.07. The molecule has 1 nitrogen and oxygen atoms in total. The van der Waals surface area contributed by atoms with E-state index in [2.05, 4.69) is 25.2 Å². The maximum absolute atomic E-state index is 5.98. The van der Waals surface area contributed by atoms with Crippen LogP contribution in [0.2, 0.25) is 4.34 Å².